The molecule has 0 saturated carbocycles. The number of hydrogen-bond donors (Lipinski definition) is 2. The average molecular weight is 167 g/mol. The van der Waals surface area contributed by atoms with Crippen LogP contribution < -0.4 is 10.6 Å². The summed E-state index contributed by atoms with van der Waals surface area (Å²) in [6, 6.07) is 6.33. The predicted molar refractivity (Wildman–Crippen MR) is 47.6 cm³/mol. The van der Waals surface area contributed by atoms with E-state index in [1.165, 1.54) is 0 Å². The van der Waals surface area contributed by atoms with Gasteiger partial charge in [0.1, 0.15) is 0 Å². The number of rotatable bonds is 1. The Morgan fingerprint density at radius 1 is 1.33 bits per heavy atom. The first kappa shape index (κ1) is 8.39. The van der Waals surface area contributed by atoms with Crippen LogP contribution in [0.2, 0.25) is 0 Å². The number of nitrogens with one attached hydrogen (secondary N) is 2. The minimum atomic E-state index is -0.257. The standard InChI is InChI=1S/C8H10N2O2/c1-9-8(12)10-6-2-4-7(11)5-3-6/h2-5,11H,1H3,(H2,9,10,12)/p+1. The fourth-order valence-electron chi connectivity index (χ4n) is 0.747. The lowest BCUT2D eigenvalue weighted by atomic mass is 10.3. The highest BCUT2D eigenvalue weighted by Gasteiger charge is 1.98. The van der Waals surface area contributed by atoms with Gasteiger partial charge < -0.3 is 15.7 Å². The van der Waals surface area contributed by atoms with E-state index in [2.05, 4.69) is 10.6 Å². The van der Waals surface area contributed by atoms with Crippen molar-refractivity contribution in [1.82, 2.24) is 5.32 Å². The van der Waals surface area contributed by atoms with Crippen molar-refractivity contribution in [3.05, 3.63) is 24.3 Å². The topological polar surface area (TPSA) is 64.0 Å². The Kier molecular flexibility index (Phi) is 2.53. The quantitative estimate of drug-likeness (QED) is 0.599. The summed E-state index contributed by atoms with van der Waals surface area (Å²) in [7, 11) is 1.55. The smallest absolute Gasteiger partial charge is 0.318 e. The van der Waals surface area contributed by atoms with E-state index in [4.69, 9.17) is 5.11 Å². The third kappa shape index (κ3) is 2.16. The molecule has 12 heavy (non-hydrogen) atoms. The van der Waals surface area contributed by atoms with Gasteiger partial charge >= 0.3 is 6.03 Å². The molecule has 0 saturated heterocycles. The molecule has 0 heterocycles. The first-order chi connectivity index (χ1) is 5.72. The minimum absolute atomic E-state index is 0.257. The molecule has 2 amide bonds. The first-order valence-electron chi connectivity index (χ1n) is 3.53. The van der Waals surface area contributed by atoms with E-state index in [9.17, 15) is 4.79 Å². The van der Waals surface area contributed by atoms with Crippen molar-refractivity contribution in [2.45, 2.75) is 0 Å². The van der Waals surface area contributed by atoms with Crippen LogP contribution in [0.3, 0.4) is 0 Å². The number of hydrogen-bond acceptors (Lipinski definition) is 1. The molecule has 0 aromatic heterocycles. The van der Waals surface area contributed by atoms with E-state index >= 15 is 0 Å². The molecule has 1 aromatic carbocycles. The van der Waals surface area contributed by atoms with Gasteiger partial charge in [0.25, 0.3) is 5.75 Å². The zero-order valence-corrected chi connectivity index (χ0v) is 6.72. The van der Waals surface area contributed by atoms with Gasteiger partial charge in [-0.25, -0.2) is 4.79 Å². The Labute approximate surface area is 70.2 Å². The fraction of sp³-hybridized carbons (Fsp3) is 0.125. The molecule has 1 aromatic rings. The van der Waals surface area contributed by atoms with Crippen LogP contribution in [0.25, 0.3) is 0 Å². The van der Waals surface area contributed by atoms with E-state index in [0.717, 1.165) is 0 Å². The Bertz CT molecular complexity index is 269. The minimum Gasteiger partial charge on any atom is -0.593 e. The number of benzene rings is 1. The van der Waals surface area contributed by atoms with Crippen molar-refractivity contribution in [1.29, 1.82) is 0 Å². The van der Waals surface area contributed by atoms with Crippen LogP contribution in [0.5, 0.6) is 5.75 Å². The van der Waals surface area contributed by atoms with Gasteiger partial charge in [-0.15, -0.1) is 0 Å². The Hall–Kier alpha value is -1.71. The van der Waals surface area contributed by atoms with Crippen molar-refractivity contribution in [3.63, 3.8) is 0 Å². The second kappa shape index (κ2) is 3.61. The SMILES string of the molecule is CNC(=O)Nc1ccc([OH2+])cc1. The summed E-state index contributed by atoms with van der Waals surface area (Å²) in [4.78, 5) is 10.8. The van der Waals surface area contributed by atoms with Gasteiger partial charge in [-0.05, 0) is 12.1 Å². The molecule has 1 rings (SSSR count). The number of urea groups is 1. The van der Waals surface area contributed by atoms with Crippen LogP contribution in [0.4, 0.5) is 10.5 Å². The molecule has 64 valence electrons. The normalized spacial score (nSPS) is 9.08. The number of anilines is 1. The predicted octanol–water partition coefficient (Wildman–Crippen LogP) is 0.876. The monoisotopic (exact) mass is 167 g/mol. The van der Waals surface area contributed by atoms with Crippen LogP contribution >= 0.6 is 0 Å². The maximum atomic E-state index is 10.8. The second-order valence-corrected chi connectivity index (χ2v) is 2.28. The first-order valence-corrected chi connectivity index (χ1v) is 3.53. The summed E-state index contributed by atoms with van der Waals surface area (Å²) >= 11 is 0. The summed E-state index contributed by atoms with van der Waals surface area (Å²) in [5, 5.41) is 12.2. The highest BCUT2D eigenvalue weighted by Crippen LogP contribution is 2.13. The molecule has 0 spiro atoms. The van der Waals surface area contributed by atoms with Crippen LogP contribution in [0.1, 0.15) is 0 Å². The highest BCUT2D eigenvalue weighted by atomic mass is 16.3. The molecule has 4 nitrogen and oxygen atoms in total. The molecule has 0 aliphatic heterocycles. The van der Waals surface area contributed by atoms with Crippen LogP contribution in [0.15, 0.2) is 24.3 Å². The third-order valence-electron chi connectivity index (χ3n) is 1.37. The Morgan fingerprint density at radius 3 is 2.42 bits per heavy atom. The number of carbonyl (C=O) groups excluding carboxylic acids is 1. The summed E-state index contributed by atoms with van der Waals surface area (Å²) in [6.07, 6.45) is 0. The maximum Gasteiger partial charge on any atom is 0.318 e. The van der Waals surface area contributed by atoms with Gasteiger partial charge in [0, 0.05) is 24.9 Å². The third-order valence-corrected chi connectivity index (χ3v) is 1.37. The zero-order chi connectivity index (χ0) is 8.97. The van der Waals surface area contributed by atoms with Crippen molar-refractivity contribution in [3.8, 4) is 5.75 Å². The summed E-state index contributed by atoms with van der Waals surface area (Å²) < 4.78 is 0. The van der Waals surface area contributed by atoms with Crippen LogP contribution in [0, 0.1) is 0 Å². The van der Waals surface area contributed by atoms with E-state index in [1.807, 2.05) is 0 Å². The maximum absolute atomic E-state index is 10.8. The van der Waals surface area contributed by atoms with Crippen molar-refractivity contribution >= 4 is 11.7 Å². The fourth-order valence-corrected chi connectivity index (χ4v) is 0.747. The Balaban J connectivity index is 2.64. The number of carbonyl (C=O) groups is 1. The van der Waals surface area contributed by atoms with Crippen LogP contribution in [-0.4, -0.2) is 18.2 Å². The molecule has 0 aliphatic carbocycles. The molecule has 0 atom stereocenters. The lowest BCUT2D eigenvalue weighted by Crippen LogP contribution is -2.24. The summed E-state index contributed by atoms with van der Waals surface area (Å²) in [6.45, 7) is 0. The molecule has 4 heteroatoms. The van der Waals surface area contributed by atoms with Gasteiger partial charge in [-0.2, -0.15) is 0 Å². The van der Waals surface area contributed by atoms with Gasteiger partial charge in [0.2, 0.25) is 0 Å². The Morgan fingerprint density at radius 2 is 1.92 bits per heavy atom. The van der Waals surface area contributed by atoms with Gasteiger partial charge in [0.15, 0.2) is 0 Å². The van der Waals surface area contributed by atoms with Crippen molar-refractivity contribution in [2.75, 3.05) is 12.4 Å². The molecule has 0 unspecified atom stereocenters. The van der Waals surface area contributed by atoms with Crippen molar-refractivity contribution < 1.29 is 9.90 Å². The average Bonchev–Trinajstić information content (AvgIpc) is 2.09. The van der Waals surface area contributed by atoms with E-state index in [0.29, 0.717) is 11.4 Å². The highest BCUT2D eigenvalue weighted by molar-refractivity contribution is 5.88. The largest absolute Gasteiger partial charge is 0.593 e. The zero-order valence-electron chi connectivity index (χ0n) is 6.72. The second-order valence-electron chi connectivity index (χ2n) is 2.28. The molecule has 4 N–H and O–H groups in total. The molecule has 0 radical (unpaired) electrons. The van der Waals surface area contributed by atoms with Crippen LogP contribution in [-0.2, 0) is 0 Å². The number of amides is 2. The van der Waals surface area contributed by atoms with Crippen molar-refractivity contribution in [2.24, 2.45) is 0 Å². The molecular formula is C8H11N2O2+. The van der Waals surface area contributed by atoms with E-state index in [1.54, 1.807) is 31.3 Å². The molecule has 0 bridgehead atoms. The van der Waals surface area contributed by atoms with Gasteiger partial charge in [0.05, 0.1) is 0 Å². The van der Waals surface area contributed by atoms with E-state index < -0.39 is 0 Å². The summed E-state index contributed by atoms with van der Waals surface area (Å²) in [5.74, 6) is 0.428. The van der Waals surface area contributed by atoms with Gasteiger partial charge in [-0.3, -0.25) is 0 Å². The van der Waals surface area contributed by atoms with E-state index in [-0.39, 0.29) is 6.03 Å². The molecule has 0 fully saturated rings. The summed E-state index contributed by atoms with van der Waals surface area (Å²) in [5.41, 5.74) is 0.686. The van der Waals surface area contributed by atoms with Gasteiger partial charge in [-0.1, -0.05) is 0 Å². The molecular weight excluding hydrogens is 156 g/mol. The lowest BCUT2D eigenvalue weighted by molar-refractivity contribution is 0.254. The lowest BCUT2D eigenvalue weighted by Gasteiger charge is -2.02. The molecule has 0 aliphatic rings.